The number of hydrogen-bond acceptors (Lipinski definition) is 3. The molecule has 0 bridgehead atoms. The fraction of sp³-hybridized carbons (Fsp3) is 0.241. The molecule has 196 valence electrons. The third-order valence-electron chi connectivity index (χ3n) is 6.22. The number of hydrogen-bond donors (Lipinski definition) is 3. The topological polar surface area (TPSA) is 91.7 Å². The maximum Gasteiger partial charge on any atom is 0.212 e. The number of allylic oxidation sites excluding steroid dienone is 4. The normalized spacial score (nSPS) is 15.1. The van der Waals surface area contributed by atoms with Crippen molar-refractivity contribution in [2.75, 3.05) is 6.61 Å². The summed E-state index contributed by atoms with van der Waals surface area (Å²) in [6, 6.07) is 7.79. The molecule has 0 aromatic heterocycles. The van der Waals surface area contributed by atoms with Crippen LogP contribution in [0.3, 0.4) is 0 Å². The summed E-state index contributed by atoms with van der Waals surface area (Å²) in [5.41, 5.74) is 3.78. The molecule has 0 radical (unpaired) electrons. The molecule has 4 N–H and O–H groups in total. The first kappa shape index (κ1) is 29.3. The minimum atomic E-state index is -1.54. The van der Waals surface area contributed by atoms with E-state index >= 15 is 4.39 Å². The summed E-state index contributed by atoms with van der Waals surface area (Å²) in [7, 11) is 0. The molecular formula is C29H32F3N3O2. The standard InChI is InChI=1S/C29H32F3N3O2/c1-6-15-29(19(2)3,28(5,36)21-9-11-22(30)12-10-21)16-18-37-26-24(31)14-13-23(25(26)32)20(4)8-7-17-35-27(33)34/h6-15,17,36H,2,4,16,18H2,1,3,5H3,(H3,33,34)/b8-7-,15-6+,35-17?. The van der Waals surface area contributed by atoms with Gasteiger partial charge in [-0.15, -0.1) is 0 Å². The van der Waals surface area contributed by atoms with E-state index in [1.165, 1.54) is 48.7 Å². The van der Waals surface area contributed by atoms with Crippen molar-refractivity contribution in [3.63, 3.8) is 0 Å². The number of nitrogens with one attached hydrogen (secondary N) is 1. The number of guanidine groups is 1. The van der Waals surface area contributed by atoms with Gasteiger partial charge in [0.05, 0.1) is 12.2 Å². The van der Waals surface area contributed by atoms with Crippen molar-refractivity contribution in [2.24, 2.45) is 16.1 Å². The van der Waals surface area contributed by atoms with Crippen LogP contribution < -0.4 is 10.5 Å². The highest BCUT2D eigenvalue weighted by Crippen LogP contribution is 2.49. The summed E-state index contributed by atoms with van der Waals surface area (Å²) in [5, 5.41) is 18.7. The molecule has 0 saturated carbocycles. The van der Waals surface area contributed by atoms with E-state index < -0.39 is 34.2 Å². The summed E-state index contributed by atoms with van der Waals surface area (Å²) in [5.74, 6) is -3.24. The summed E-state index contributed by atoms with van der Waals surface area (Å²) in [4.78, 5) is 3.56. The van der Waals surface area contributed by atoms with Crippen LogP contribution in [0.1, 0.15) is 38.3 Å². The lowest BCUT2D eigenvalue weighted by molar-refractivity contribution is -0.0397. The minimum Gasteiger partial charge on any atom is -0.488 e. The van der Waals surface area contributed by atoms with Crippen LogP contribution in [0.25, 0.3) is 5.57 Å². The lowest BCUT2D eigenvalue weighted by atomic mass is 9.63. The zero-order valence-corrected chi connectivity index (χ0v) is 21.2. The van der Waals surface area contributed by atoms with Crippen LogP contribution in [0.5, 0.6) is 5.75 Å². The highest BCUT2D eigenvalue weighted by molar-refractivity contribution is 5.89. The molecule has 0 spiro atoms. The van der Waals surface area contributed by atoms with Crippen molar-refractivity contribution >= 4 is 17.7 Å². The first-order valence-electron chi connectivity index (χ1n) is 11.5. The Bertz CT molecular complexity index is 1250. The molecule has 37 heavy (non-hydrogen) atoms. The van der Waals surface area contributed by atoms with Gasteiger partial charge in [0, 0.05) is 17.2 Å². The monoisotopic (exact) mass is 511 g/mol. The third-order valence-corrected chi connectivity index (χ3v) is 6.22. The molecule has 2 rings (SSSR count). The van der Waals surface area contributed by atoms with Crippen molar-refractivity contribution in [1.82, 2.24) is 0 Å². The van der Waals surface area contributed by atoms with Crippen LogP contribution in [0.15, 0.2) is 84.4 Å². The van der Waals surface area contributed by atoms with Gasteiger partial charge in [-0.1, -0.05) is 49.1 Å². The number of aliphatic hydroxyl groups is 1. The zero-order chi connectivity index (χ0) is 27.8. The molecule has 0 heterocycles. The molecule has 8 heteroatoms. The van der Waals surface area contributed by atoms with Crippen LogP contribution in [0.4, 0.5) is 13.2 Å². The fourth-order valence-corrected chi connectivity index (χ4v) is 4.18. The Labute approximate surface area is 215 Å². The SMILES string of the molecule is C=C(/C=C\C=NC(=N)N)c1ccc(F)c(OCCC(/C=C/C)(C(=C)C)C(C)(O)c2ccc(F)cc2)c1F. The van der Waals surface area contributed by atoms with E-state index in [1.54, 1.807) is 32.9 Å². The molecule has 0 saturated heterocycles. The van der Waals surface area contributed by atoms with Gasteiger partial charge in [-0.3, -0.25) is 5.41 Å². The summed E-state index contributed by atoms with van der Waals surface area (Å²) < 4.78 is 48.9. The van der Waals surface area contributed by atoms with Gasteiger partial charge in [-0.05, 0) is 68.7 Å². The molecule has 5 nitrogen and oxygen atoms in total. The van der Waals surface area contributed by atoms with Gasteiger partial charge >= 0.3 is 0 Å². The number of benzene rings is 2. The minimum absolute atomic E-state index is 0.0156. The lowest BCUT2D eigenvalue weighted by Gasteiger charge is -2.45. The number of nitrogens with zero attached hydrogens (tertiary/aromatic N) is 1. The van der Waals surface area contributed by atoms with Crippen molar-refractivity contribution in [3.05, 3.63) is 108 Å². The maximum atomic E-state index is 15.2. The number of ether oxygens (including phenoxy) is 1. The molecule has 0 aliphatic carbocycles. The van der Waals surface area contributed by atoms with Gasteiger partial charge in [0.15, 0.2) is 17.4 Å². The summed E-state index contributed by atoms with van der Waals surface area (Å²) >= 11 is 0. The van der Waals surface area contributed by atoms with E-state index in [4.69, 9.17) is 15.9 Å². The van der Waals surface area contributed by atoms with Crippen LogP contribution in [0.2, 0.25) is 0 Å². The highest BCUT2D eigenvalue weighted by atomic mass is 19.1. The molecule has 0 aliphatic heterocycles. The summed E-state index contributed by atoms with van der Waals surface area (Å²) in [6.45, 7) is 12.8. The average molecular weight is 512 g/mol. The van der Waals surface area contributed by atoms with Crippen molar-refractivity contribution in [1.29, 1.82) is 5.41 Å². The lowest BCUT2D eigenvalue weighted by Crippen LogP contribution is -2.44. The van der Waals surface area contributed by atoms with E-state index in [0.717, 1.165) is 6.07 Å². The van der Waals surface area contributed by atoms with Crippen LogP contribution in [-0.2, 0) is 5.60 Å². The molecule has 0 fully saturated rings. The molecule has 0 aliphatic rings. The number of nitrogens with two attached hydrogens (primary N) is 1. The molecule has 0 amide bonds. The van der Waals surface area contributed by atoms with Gasteiger partial charge in [0.25, 0.3) is 0 Å². The van der Waals surface area contributed by atoms with Crippen molar-refractivity contribution in [3.8, 4) is 5.75 Å². The Morgan fingerprint density at radius 2 is 1.81 bits per heavy atom. The second kappa shape index (κ2) is 12.4. The van der Waals surface area contributed by atoms with Gasteiger partial charge in [-0.25, -0.2) is 18.2 Å². The molecule has 2 atom stereocenters. The second-order valence-electron chi connectivity index (χ2n) is 8.72. The molecular weight excluding hydrogens is 479 g/mol. The Balaban J connectivity index is 2.35. The van der Waals surface area contributed by atoms with Gasteiger partial charge in [0.1, 0.15) is 5.82 Å². The Morgan fingerprint density at radius 3 is 2.38 bits per heavy atom. The third kappa shape index (κ3) is 6.65. The molecule has 2 aromatic carbocycles. The van der Waals surface area contributed by atoms with Gasteiger partial charge in [-0.2, -0.15) is 0 Å². The van der Waals surface area contributed by atoms with Gasteiger partial charge in [0.2, 0.25) is 5.96 Å². The maximum absolute atomic E-state index is 15.2. The zero-order valence-electron chi connectivity index (χ0n) is 21.2. The summed E-state index contributed by atoms with van der Waals surface area (Å²) in [6.07, 6.45) is 7.73. The van der Waals surface area contributed by atoms with E-state index in [2.05, 4.69) is 18.2 Å². The number of aliphatic imine (C=N–C) groups is 1. The van der Waals surface area contributed by atoms with E-state index in [-0.39, 0.29) is 30.1 Å². The molecule has 2 unspecified atom stereocenters. The fourth-order valence-electron chi connectivity index (χ4n) is 4.18. The quantitative estimate of drug-likeness (QED) is 0.140. The molecule has 2 aromatic rings. The second-order valence-corrected chi connectivity index (χ2v) is 8.72. The van der Waals surface area contributed by atoms with E-state index in [0.29, 0.717) is 11.1 Å². The first-order chi connectivity index (χ1) is 17.4. The largest absolute Gasteiger partial charge is 0.488 e. The highest BCUT2D eigenvalue weighted by Gasteiger charge is 2.47. The smallest absolute Gasteiger partial charge is 0.212 e. The average Bonchev–Trinajstić information content (AvgIpc) is 2.82. The van der Waals surface area contributed by atoms with Crippen molar-refractivity contribution in [2.45, 2.75) is 32.8 Å². The Hall–Kier alpha value is -3.91. The number of halogens is 3. The van der Waals surface area contributed by atoms with Crippen LogP contribution in [0, 0.1) is 28.3 Å². The van der Waals surface area contributed by atoms with E-state index in [9.17, 15) is 13.9 Å². The predicted octanol–water partition coefficient (Wildman–Crippen LogP) is 6.45. The van der Waals surface area contributed by atoms with Crippen molar-refractivity contribution < 1.29 is 23.0 Å². The Kier molecular flexibility index (Phi) is 9.80. The Morgan fingerprint density at radius 1 is 1.16 bits per heavy atom. The first-order valence-corrected chi connectivity index (χ1v) is 11.5. The number of rotatable bonds is 11. The van der Waals surface area contributed by atoms with Gasteiger partial charge < -0.3 is 15.6 Å². The van der Waals surface area contributed by atoms with E-state index in [1.807, 2.05) is 0 Å². The van der Waals surface area contributed by atoms with Crippen LogP contribution >= 0.6 is 0 Å². The van der Waals surface area contributed by atoms with Crippen LogP contribution in [-0.4, -0.2) is 23.9 Å². The predicted molar refractivity (Wildman–Crippen MR) is 143 cm³/mol.